The quantitative estimate of drug-likeness (QED) is 0.188. The Balaban J connectivity index is 1.21. The largest absolute Gasteiger partial charge is 0.309 e. The van der Waals surface area contributed by atoms with E-state index in [4.69, 9.17) is 9.97 Å². The standard InChI is InChI=1S/C48H30N4/c1-2-15-34(16-3-1)51-43-23-11-7-18-38(43)46-39(19-12-24-44(46)51)48-47(49-40-20-8-9-21-41(40)50-48)33-26-28-37-36-17-6-10-22-42(36)52(45(37)30-33)35-27-25-31-13-4-5-14-32(31)29-35/h1-30H. The fourth-order valence-corrected chi connectivity index (χ4v) is 8.17. The van der Waals surface area contributed by atoms with Crippen LogP contribution in [0.5, 0.6) is 0 Å². The molecular formula is C48H30N4. The summed E-state index contributed by atoms with van der Waals surface area (Å²) in [5.74, 6) is 0. The number of rotatable bonds is 4. The number of nitrogens with zero attached hydrogens (tertiary/aromatic N) is 4. The number of aromatic nitrogens is 4. The van der Waals surface area contributed by atoms with Gasteiger partial charge in [0.1, 0.15) is 0 Å². The highest BCUT2D eigenvalue weighted by molar-refractivity contribution is 6.17. The minimum atomic E-state index is 0.861. The van der Waals surface area contributed by atoms with Gasteiger partial charge in [-0.1, -0.05) is 121 Å². The van der Waals surface area contributed by atoms with Crippen molar-refractivity contribution in [1.82, 2.24) is 19.1 Å². The van der Waals surface area contributed by atoms with Crippen molar-refractivity contribution in [3.8, 4) is 33.9 Å². The molecule has 52 heavy (non-hydrogen) atoms. The molecule has 0 unspecified atom stereocenters. The van der Waals surface area contributed by atoms with Gasteiger partial charge >= 0.3 is 0 Å². The maximum atomic E-state index is 5.42. The summed E-state index contributed by atoms with van der Waals surface area (Å²) in [6.07, 6.45) is 0. The Morgan fingerprint density at radius 3 is 1.79 bits per heavy atom. The van der Waals surface area contributed by atoms with E-state index in [1.807, 2.05) is 12.1 Å². The van der Waals surface area contributed by atoms with Crippen LogP contribution in [0.3, 0.4) is 0 Å². The first-order chi connectivity index (χ1) is 25.8. The predicted molar refractivity (Wildman–Crippen MR) is 217 cm³/mol. The molecule has 3 heterocycles. The summed E-state index contributed by atoms with van der Waals surface area (Å²) < 4.78 is 4.75. The Morgan fingerprint density at radius 1 is 0.346 bits per heavy atom. The van der Waals surface area contributed by atoms with Crippen LogP contribution in [0.15, 0.2) is 182 Å². The first kappa shape index (κ1) is 28.8. The van der Waals surface area contributed by atoms with Crippen LogP contribution in [-0.4, -0.2) is 19.1 Å². The van der Waals surface area contributed by atoms with Crippen molar-refractivity contribution in [1.29, 1.82) is 0 Å². The molecule has 242 valence electrons. The molecule has 11 aromatic rings. The van der Waals surface area contributed by atoms with E-state index in [9.17, 15) is 0 Å². The average Bonchev–Trinajstić information content (AvgIpc) is 3.73. The first-order valence-electron chi connectivity index (χ1n) is 17.7. The van der Waals surface area contributed by atoms with E-state index in [1.54, 1.807) is 0 Å². The van der Waals surface area contributed by atoms with Gasteiger partial charge in [-0.15, -0.1) is 0 Å². The lowest BCUT2D eigenvalue weighted by Gasteiger charge is -2.14. The van der Waals surface area contributed by atoms with Gasteiger partial charge in [-0.2, -0.15) is 0 Å². The molecule has 0 aliphatic rings. The van der Waals surface area contributed by atoms with E-state index in [1.165, 1.54) is 37.8 Å². The highest BCUT2D eigenvalue weighted by Crippen LogP contribution is 2.42. The van der Waals surface area contributed by atoms with Gasteiger partial charge in [0.15, 0.2) is 0 Å². The summed E-state index contributed by atoms with van der Waals surface area (Å²) in [5, 5.41) is 7.22. The zero-order valence-electron chi connectivity index (χ0n) is 28.1. The van der Waals surface area contributed by atoms with Crippen LogP contribution < -0.4 is 0 Å². The molecule has 4 heteroatoms. The van der Waals surface area contributed by atoms with E-state index in [2.05, 4.69) is 179 Å². The SMILES string of the molecule is c1ccc(-n2c3ccccc3c3c(-c4nc5ccccc5nc4-c4ccc5c6ccccc6n(-c6ccc7ccccc7c6)c5c4)cccc32)cc1. The van der Waals surface area contributed by atoms with Crippen LogP contribution >= 0.6 is 0 Å². The first-order valence-corrected chi connectivity index (χ1v) is 17.7. The number of hydrogen-bond acceptors (Lipinski definition) is 2. The van der Waals surface area contributed by atoms with E-state index in [0.717, 1.165) is 61.5 Å². The van der Waals surface area contributed by atoms with Gasteiger partial charge in [-0.05, 0) is 71.4 Å². The number of benzene rings is 8. The van der Waals surface area contributed by atoms with Crippen molar-refractivity contribution >= 4 is 65.4 Å². The zero-order chi connectivity index (χ0) is 34.2. The lowest BCUT2D eigenvalue weighted by molar-refractivity contribution is 1.18. The van der Waals surface area contributed by atoms with Gasteiger partial charge < -0.3 is 9.13 Å². The fraction of sp³-hybridized carbons (Fsp3) is 0. The van der Waals surface area contributed by atoms with Crippen LogP contribution in [0.2, 0.25) is 0 Å². The minimum absolute atomic E-state index is 0.861. The Labute approximate surface area is 299 Å². The van der Waals surface area contributed by atoms with Crippen LogP contribution in [0.1, 0.15) is 0 Å². The van der Waals surface area contributed by atoms with Crippen molar-refractivity contribution in [2.24, 2.45) is 0 Å². The summed E-state index contributed by atoms with van der Waals surface area (Å²) >= 11 is 0. The van der Waals surface area contributed by atoms with Gasteiger partial charge in [0.2, 0.25) is 0 Å². The van der Waals surface area contributed by atoms with Crippen molar-refractivity contribution in [2.45, 2.75) is 0 Å². The van der Waals surface area contributed by atoms with Gasteiger partial charge in [0.05, 0.1) is 44.5 Å². The lowest BCUT2D eigenvalue weighted by atomic mass is 9.98. The third kappa shape index (κ3) is 4.28. The monoisotopic (exact) mass is 662 g/mol. The normalized spacial score (nSPS) is 11.8. The molecule has 0 saturated carbocycles. The molecule has 0 fully saturated rings. The lowest BCUT2D eigenvalue weighted by Crippen LogP contribution is -1.98. The topological polar surface area (TPSA) is 35.6 Å². The smallest absolute Gasteiger partial charge is 0.0980 e. The molecule has 0 aliphatic heterocycles. The molecule has 0 N–H and O–H groups in total. The summed E-state index contributed by atoms with van der Waals surface area (Å²) in [7, 11) is 0. The molecule has 11 rings (SSSR count). The predicted octanol–water partition coefficient (Wildman–Crippen LogP) is 12.3. The Morgan fingerprint density at radius 2 is 0.962 bits per heavy atom. The molecule has 3 aromatic heterocycles. The van der Waals surface area contributed by atoms with Crippen molar-refractivity contribution in [3.05, 3.63) is 182 Å². The van der Waals surface area contributed by atoms with E-state index >= 15 is 0 Å². The molecule has 0 saturated heterocycles. The van der Waals surface area contributed by atoms with Crippen LogP contribution in [0.4, 0.5) is 0 Å². The number of hydrogen-bond donors (Lipinski definition) is 0. The molecule has 8 aromatic carbocycles. The van der Waals surface area contributed by atoms with E-state index in [-0.39, 0.29) is 0 Å². The molecular weight excluding hydrogens is 633 g/mol. The van der Waals surface area contributed by atoms with Gasteiger partial charge in [0, 0.05) is 44.0 Å². The van der Waals surface area contributed by atoms with Gasteiger partial charge in [0.25, 0.3) is 0 Å². The number of fused-ring (bicyclic) bond motifs is 8. The molecule has 0 radical (unpaired) electrons. The minimum Gasteiger partial charge on any atom is -0.309 e. The highest BCUT2D eigenvalue weighted by atomic mass is 15.0. The summed E-state index contributed by atoms with van der Waals surface area (Å²) in [4.78, 5) is 10.8. The molecule has 0 atom stereocenters. The Hall–Kier alpha value is -7.04. The maximum absolute atomic E-state index is 5.42. The molecule has 4 nitrogen and oxygen atoms in total. The van der Waals surface area contributed by atoms with Crippen molar-refractivity contribution in [2.75, 3.05) is 0 Å². The second kappa shape index (κ2) is 11.2. The molecule has 0 bridgehead atoms. The second-order valence-electron chi connectivity index (χ2n) is 13.4. The second-order valence-corrected chi connectivity index (χ2v) is 13.4. The fourth-order valence-electron chi connectivity index (χ4n) is 8.17. The maximum Gasteiger partial charge on any atom is 0.0980 e. The van der Waals surface area contributed by atoms with Crippen molar-refractivity contribution in [3.63, 3.8) is 0 Å². The number of para-hydroxylation sites is 5. The van der Waals surface area contributed by atoms with Crippen LogP contribution in [0.25, 0.3) is 99.3 Å². The van der Waals surface area contributed by atoms with Crippen LogP contribution in [-0.2, 0) is 0 Å². The van der Waals surface area contributed by atoms with Crippen molar-refractivity contribution < 1.29 is 0 Å². The van der Waals surface area contributed by atoms with E-state index < -0.39 is 0 Å². The summed E-state index contributed by atoms with van der Waals surface area (Å²) in [6.45, 7) is 0. The summed E-state index contributed by atoms with van der Waals surface area (Å²) in [5.41, 5.74) is 12.4. The molecule has 0 amide bonds. The molecule has 0 aliphatic carbocycles. The average molecular weight is 663 g/mol. The highest BCUT2D eigenvalue weighted by Gasteiger charge is 2.22. The van der Waals surface area contributed by atoms with Gasteiger partial charge in [-0.3, -0.25) is 0 Å². The van der Waals surface area contributed by atoms with Crippen LogP contribution in [0, 0.1) is 0 Å². The Kier molecular flexibility index (Phi) is 6.22. The van der Waals surface area contributed by atoms with E-state index in [0.29, 0.717) is 0 Å². The third-order valence-corrected chi connectivity index (χ3v) is 10.5. The molecule has 0 spiro atoms. The summed E-state index contributed by atoms with van der Waals surface area (Å²) in [6, 6.07) is 64.8. The zero-order valence-corrected chi connectivity index (χ0v) is 28.1. The Bertz CT molecular complexity index is 3190. The van der Waals surface area contributed by atoms with Gasteiger partial charge in [-0.25, -0.2) is 9.97 Å². The third-order valence-electron chi connectivity index (χ3n) is 10.5.